The van der Waals surface area contributed by atoms with E-state index in [0.717, 1.165) is 29.6 Å². The Balaban J connectivity index is 1.65. The van der Waals surface area contributed by atoms with Gasteiger partial charge in [-0.25, -0.2) is 0 Å². The minimum atomic E-state index is 0.936. The highest BCUT2D eigenvalue weighted by Crippen LogP contribution is 2.54. The number of fused-ring (bicyclic) bond motifs is 4. The number of hydrogen-bond acceptors (Lipinski definition) is 0. The summed E-state index contributed by atoms with van der Waals surface area (Å²) in [5.41, 5.74) is 1.89. The molecule has 0 aliphatic heterocycles. The third-order valence-corrected chi connectivity index (χ3v) is 5.08. The van der Waals surface area contributed by atoms with E-state index in [1.807, 2.05) is 5.57 Å². The number of allylic oxidation sites excluding steroid dienone is 4. The van der Waals surface area contributed by atoms with Gasteiger partial charge in [-0.3, -0.25) is 0 Å². The van der Waals surface area contributed by atoms with Crippen LogP contribution in [0.1, 0.15) is 32.1 Å². The second-order valence-corrected chi connectivity index (χ2v) is 5.82. The molecule has 0 heterocycles. The molecular weight excluding hydrogens is 168 g/mol. The highest BCUT2D eigenvalue weighted by atomic mass is 14.5. The quantitative estimate of drug-likeness (QED) is 0.549. The van der Waals surface area contributed by atoms with Crippen LogP contribution in [0.25, 0.3) is 0 Å². The van der Waals surface area contributed by atoms with Gasteiger partial charge in [0.05, 0.1) is 0 Å². The predicted octanol–water partition coefficient (Wildman–Crippen LogP) is 3.55. The summed E-state index contributed by atoms with van der Waals surface area (Å²) in [6.45, 7) is 0. The monoisotopic (exact) mass is 186 g/mol. The zero-order chi connectivity index (χ0) is 9.12. The first-order valence-corrected chi connectivity index (χ1v) is 6.30. The Labute approximate surface area is 86.1 Å². The fourth-order valence-corrected chi connectivity index (χ4v) is 4.47. The van der Waals surface area contributed by atoms with Crippen molar-refractivity contribution in [3.05, 3.63) is 23.8 Å². The van der Waals surface area contributed by atoms with E-state index in [2.05, 4.69) is 18.2 Å². The maximum atomic E-state index is 2.66. The maximum Gasteiger partial charge on any atom is -0.0132 e. The van der Waals surface area contributed by atoms with Crippen LogP contribution in [0.5, 0.6) is 0 Å². The summed E-state index contributed by atoms with van der Waals surface area (Å²) in [6.07, 6.45) is 15.1. The van der Waals surface area contributed by atoms with Gasteiger partial charge in [0.2, 0.25) is 0 Å². The molecule has 4 rings (SSSR count). The van der Waals surface area contributed by atoms with Crippen molar-refractivity contribution in [2.75, 3.05) is 0 Å². The molecule has 0 aromatic heterocycles. The second-order valence-electron chi connectivity index (χ2n) is 5.82. The Morgan fingerprint density at radius 3 is 2.50 bits per heavy atom. The van der Waals surface area contributed by atoms with Crippen molar-refractivity contribution in [1.29, 1.82) is 0 Å². The molecule has 2 saturated carbocycles. The van der Waals surface area contributed by atoms with Crippen molar-refractivity contribution >= 4 is 0 Å². The molecule has 4 aliphatic rings. The average molecular weight is 186 g/mol. The van der Waals surface area contributed by atoms with Crippen LogP contribution in [-0.2, 0) is 0 Å². The molecule has 0 nitrogen and oxygen atoms in total. The molecular formula is C14H18. The molecule has 74 valence electrons. The molecule has 0 saturated heterocycles. The second kappa shape index (κ2) is 2.53. The number of rotatable bonds is 1. The lowest BCUT2D eigenvalue weighted by Crippen LogP contribution is -2.14. The van der Waals surface area contributed by atoms with Crippen molar-refractivity contribution in [2.45, 2.75) is 32.1 Å². The van der Waals surface area contributed by atoms with Gasteiger partial charge in [0.15, 0.2) is 0 Å². The van der Waals surface area contributed by atoms with Crippen LogP contribution >= 0.6 is 0 Å². The third-order valence-electron chi connectivity index (χ3n) is 5.08. The summed E-state index contributed by atoms with van der Waals surface area (Å²) < 4.78 is 0. The molecule has 0 aromatic rings. The Morgan fingerprint density at radius 1 is 0.929 bits per heavy atom. The molecule has 0 amide bonds. The van der Waals surface area contributed by atoms with E-state index in [9.17, 15) is 0 Å². The van der Waals surface area contributed by atoms with Gasteiger partial charge in [-0.2, -0.15) is 0 Å². The van der Waals surface area contributed by atoms with Crippen molar-refractivity contribution in [2.24, 2.45) is 29.6 Å². The van der Waals surface area contributed by atoms with E-state index in [0.29, 0.717) is 0 Å². The van der Waals surface area contributed by atoms with Gasteiger partial charge in [0.25, 0.3) is 0 Å². The standard InChI is InChI=1S/C14H18/c1-3-11-5-9(1)7-13(11)14-8-10-2-4-12(14)6-10/h1,3,8-13H,2,4-7H2. The molecule has 2 fully saturated rings. The SMILES string of the molecule is C1=CC2CC1CC2C1=CC2CCC1C2. The van der Waals surface area contributed by atoms with Gasteiger partial charge < -0.3 is 0 Å². The Hall–Kier alpha value is -0.520. The third kappa shape index (κ3) is 0.898. The Kier molecular flexibility index (Phi) is 1.40. The lowest BCUT2D eigenvalue weighted by Gasteiger charge is -2.25. The van der Waals surface area contributed by atoms with Crippen LogP contribution in [0.2, 0.25) is 0 Å². The average Bonchev–Trinajstić information content (AvgIpc) is 2.96. The first kappa shape index (κ1) is 7.73. The first-order valence-electron chi connectivity index (χ1n) is 6.30. The van der Waals surface area contributed by atoms with E-state index >= 15 is 0 Å². The minimum absolute atomic E-state index is 0.936. The van der Waals surface area contributed by atoms with Crippen LogP contribution < -0.4 is 0 Å². The smallest absolute Gasteiger partial charge is 0.0132 e. The Bertz CT molecular complexity index is 323. The van der Waals surface area contributed by atoms with Gasteiger partial charge in [-0.15, -0.1) is 0 Å². The molecule has 5 atom stereocenters. The number of hydrogen-bond donors (Lipinski definition) is 0. The van der Waals surface area contributed by atoms with E-state index in [4.69, 9.17) is 0 Å². The topological polar surface area (TPSA) is 0 Å². The lowest BCUT2D eigenvalue weighted by atomic mass is 9.80. The van der Waals surface area contributed by atoms with E-state index in [1.54, 1.807) is 0 Å². The largest absolute Gasteiger partial charge is 0.0851 e. The molecule has 14 heavy (non-hydrogen) atoms. The van der Waals surface area contributed by atoms with Crippen molar-refractivity contribution < 1.29 is 0 Å². The van der Waals surface area contributed by atoms with E-state index in [1.165, 1.54) is 32.1 Å². The molecule has 0 aromatic carbocycles. The van der Waals surface area contributed by atoms with Gasteiger partial charge in [0.1, 0.15) is 0 Å². The van der Waals surface area contributed by atoms with E-state index < -0.39 is 0 Å². The highest BCUT2D eigenvalue weighted by molar-refractivity contribution is 5.28. The zero-order valence-corrected chi connectivity index (χ0v) is 8.65. The van der Waals surface area contributed by atoms with E-state index in [-0.39, 0.29) is 0 Å². The molecule has 0 spiro atoms. The van der Waals surface area contributed by atoms with Crippen molar-refractivity contribution in [3.8, 4) is 0 Å². The molecule has 4 bridgehead atoms. The van der Waals surface area contributed by atoms with Gasteiger partial charge >= 0.3 is 0 Å². The maximum absolute atomic E-state index is 2.66. The van der Waals surface area contributed by atoms with Crippen molar-refractivity contribution in [1.82, 2.24) is 0 Å². The normalized spacial score (nSPS) is 53.1. The van der Waals surface area contributed by atoms with Crippen molar-refractivity contribution in [3.63, 3.8) is 0 Å². The fourth-order valence-electron chi connectivity index (χ4n) is 4.47. The zero-order valence-electron chi connectivity index (χ0n) is 8.65. The predicted molar refractivity (Wildman–Crippen MR) is 57.8 cm³/mol. The summed E-state index contributed by atoms with van der Waals surface area (Å²) in [5, 5.41) is 0. The summed E-state index contributed by atoms with van der Waals surface area (Å²) in [6, 6.07) is 0. The van der Waals surface area contributed by atoms with Gasteiger partial charge in [-0.1, -0.05) is 23.8 Å². The van der Waals surface area contributed by atoms with Gasteiger partial charge in [0, 0.05) is 0 Å². The van der Waals surface area contributed by atoms with Crippen LogP contribution in [0.15, 0.2) is 23.8 Å². The summed E-state index contributed by atoms with van der Waals surface area (Å²) in [4.78, 5) is 0. The fraction of sp³-hybridized carbons (Fsp3) is 0.714. The summed E-state index contributed by atoms with van der Waals surface area (Å²) in [5.74, 6) is 4.85. The van der Waals surface area contributed by atoms with Crippen LogP contribution in [0, 0.1) is 29.6 Å². The van der Waals surface area contributed by atoms with Crippen LogP contribution in [0.4, 0.5) is 0 Å². The molecule has 0 heteroatoms. The summed E-state index contributed by atoms with van der Waals surface area (Å²) in [7, 11) is 0. The first-order chi connectivity index (χ1) is 6.90. The molecule has 0 radical (unpaired) electrons. The molecule has 0 N–H and O–H groups in total. The Morgan fingerprint density at radius 2 is 1.93 bits per heavy atom. The van der Waals surface area contributed by atoms with Crippen LogP contribution in [-0.4, -0.2) is 0 Å². The summed E-state index contributed by atoms with van der Waals surface area (Å²) >= 11 is 0. The highest BCUT2D eigenvalue weighted by Gasteiger charge is 2.43. The van der Waals surface area contributed by atoms with Gasteiger partial charge in [-0.05, 0) is 61.7 Å². The molecule has 4 aliphatic carbocycles. The minimum Gasteiger partial charge on any atom is -0.0851 e. The molecule has 5 unspecified atom stereocenters. The lowest BCUT2D eigenvalue weighted by molar-refractivity contribution is 0.456. The van der Waals surface area contributed by atoms with Crippen LogP contribution in [0.3, 0.4) is 0 Å².